The van der Waals surface area contributed by atoms with Crippen LogP contribution in [0, 0.1) is 0 Å². The lowest BCUT2D eigenvalue weighted by Gasteiger charge is -2.32. The normalized spacial score (nSPS) is 17.0. The van der Waals surface area contributed by atoms with Crippen molar-refractivity contribution in [3.63, 3.8) is 0 Å². The quantitative estimate of drug-likeness (QED) is 0.798. The number of hydrogen-bond donors (Lipinski definition) is 0. The third-order valence-electron chi connectivity index (χ3n) is 3.99. The van der Waals surface area contributed by atoms with Crippen molar-refractivity contribution in [2.75, 3.05) is 26.8 Å². The molecule has 0 unspecified atom stereocenters. The predicted molar refractivity (Wildman–Crippen MR) is 90.8 cm³/mol. The van der Waals surface area contributed by atoms with Gasteiger partial charge in [-0.05, 0) is 25.0 Å². The topological polar surface area (TPSA) is 73.8 Å². The van der Waals surface area contributed by atoms with Crippen LogP contribution in [0.4, 0.5) is 0 Å². The highest BCUT2D eigenvalue weighted by molar-refractivity contribution is 5.78. The van der Waals surface area contributed by atoms with Gasteiger partial charge in [-0.15, -0.1) is 0 Å². The van der Waals surface area contributed by atoms with Gasteiger partial charge in [-0.1, -0.05) is 12.1 Å². The van der Waals surface area contributed by atoms with E-state index in [-0.39, 0.29) is 18.6 Å². The minimum atomic E-state index is -0.0705. The van der Waals surface area contributed by atoms with Gasteiger partial charge in [-0.2, -0.15) is 0 Å². The van der Waals surface area contributed by atoms with Crippen molar-refractivity contribution in [3.8, 4) is 17.4 Å². The summed E-state index contributed by atoms with van der Waals surface area (Å²) in [7, 11) is 1.57. The van der Waals surface area contributed by atoms with Crippen LogP contribution in [0.1, 0.15) is 12.8 Å². The highest BCUT2D eigenvalue weighted by Crippen LogP contribution is 2.26. The van der Waals surface area contributed by atoms with Gasteiger partial charge in [0.05, 0.1) is 13.7 Å². The van der Waals surface area contributed by atoms with Gasteiger partial charge in [0.25, 0.3) is 5.91 Å². The number of rotatable bonds is 6. The van der Waals surface area contributed by atoms with E-state index in [0.717, 1.165) is 12.8 Å². The molecule has 2 heterocycles. The molecule has 1 aliphatic heterocycles. The standard InChI is InChI=1S/C18H21N3O4/c1-23-15-6-2-3-7-16(15)24-12-18(22)21-10-4-5-14(11-21)25-17-8-9-19-13-20-17/h2-3,6-9,13-14H,4-5,10-12H2,1H3/t14-/m1/s1. The zero-order valence-corrected chi connectivity index (χ0v) is 14.1. The Kier molecular flexibility index (Phi) is 5.66. The Morgan fingerprint density at radius 2 is 2.12 bits per heavy atom. The number of likely N-dealkylation sites (tertiary alicyclic amines) is 1. The molecule has 3 rings (SSSR count). The molecule has 0 saturated carbocycles. The molecule has 1 aliphatic rings. The van der Waals surface area contributed by atoms with Crippen molar-refractivity contribution >= 4 is 5.91 Å². The molecule has 1 atom stereocenters. The summed E-state index contributed by atoms with van der Waals surface area (Å²) in [5.41, 5.74) is 0. The van der Waals surface area contributed by atoms with Crippen molar-refractivity contribution in [1.82, 2.24) is 14.9 Å². The van der Waals surface area contributed by atoms with Crippen molar-refractivity contribution in [2.45, 2.75) is 18.9 Å². The number of para-hydroxylation sites is 2. The number of amides is 1. The van der Waals surface area contributed by atoms with Crippen LogP contribution in [0.5, 0.6) is 17.4 Å². The number of nitrogens with zero attached hydrogens (tertiary/aromatic N) is 3. The van der Waals surface area contributed by atoms with Gasteiger partial charge in [0, 0.05) is 18.8 Å². The molecule has 1 amide bonds. The Bertz CT molecular complexity index is 696. The van der Waals surface area contributed by atoms with Crippen molar-refractivity contribution < 1.29 is 19.0 Å². The third kappa shape index (κ3) is 4.59. The molecule has 7 heteroatoms. The Morgan fingerprint density at radius 3 is 2.88 bits per heavy atom. The van der Waals surface area contributed by atoms with E-state index in [2.05, 4.69) is 9.97 Å². The Hall–Kier alpha value is -2.83. The molecule has 1 aromatic heterocycles. The summed E-state index contributed by atoms with van der Waals surface area (Å²) in [6.07, 6.45) is 4.79. The van der Waals surface area contributed by atoms with E-state index in [1.807, 2.05) is 12.1 Å². The summed E-state index contributed by atoms with van der Waals surface area (Å²) in [5, 5.41) is 0. The van der Waals surface area contributed by atoms with Crippen LogP contribution >= 0.6 is 0 Å². The van der Waals surface area contributed by atoms with Gasteiger partial charge in [0.2, 0.25) is 5.88 Å². The first kappa shape index (κ1) is 17.0. The Balaban J connectivity index is 1.53. The molecule has 0 N–H and O–H groups in total. The number of benzene rings is 1. The van der Waals surface area contributed by atoms with Gasteiger partial charge in [-0.25, -0.2) is 9.97 Å². The predicted octanol–water partition coefficient (Wildman–Crippen LogP) is 1.93. The molecule has 1 fully saturated rings. The second kappa shape index (κ2) is 8.32. The maximum absolute atomic E-state index is 12.4. The molecule has 2 aromatic rings. The Morgan fingerprint density at radius 1 is 1.28 bits per heavy atom. The van der Waals surface area contributed by atoms with E-state index in [0.29, 0.717) is 30.5 Å². The largest absolute Gasteiger partial charge is 0.493 e. The summed E-state index contributed by atoms with van der Waals surface area (Å²) in [4.78, 5) is 22.1. The number of ether oxygens (including phenoxy) is 3. The fraction of sp³-hybridized carbons (Fsp3) is 0.389. The van der Waals surface area contributed by atoms with E-state index in [1.165, 1.54) is 6.33 Å². The second-order valence-electron chi connectivity index (χ2n) is 5.71. The average Bonchev–Trinajstić information content (AvgIpc) is 2.67. The highest BCUT2D eigenvalue weighted by Gasteiger charge is 2.25. The van der Waals surface area contributed by atoms with Crippen LogP contribution < -0.4 is 14.2 Å². The van der Waals surface area contributed by atoms with E-state index in [9.17, 15) is 4.79 Å². The number of piperidine rings is 1. The molecule has 7 nitrogen and oxygen atoms in total. The fourth-order valence-electron chi connectivity index (χ4n) is 2.75. The zero-order chi connectivity index (χ0) is 17.5. The monoisotopic (exact) mass is 343 g/mol. The first-order chi connectivity index (χ1) is 12.3. The van der Waals surface area contributed by atoms with Crippen LogP contribution in [-0.4, -0.2) is 53.7 Å². The third-order valence-corrected chi connectivity index (χ3v) is 3.99. The van der Waals surface area contributed by atoms with Crippen molar-refractivity contribution in [2.24, 2.45) is 0 Å². The summed E-state index contributed by atoms with van der Waals surface area (Å²) in [5.74, 6) is 1.63. The molecular formula is C18H21N3O4. The molecule has 132 valence electrons. The zero-order valence-electron chi connectivity index (χ0n) is 14.1. The first-order valence-electron chi connectivity index (χ1n) is 8.22. The molecule has 1 saturated heterocycles. The number of hydrogen-bond acceptors (Lipinski definition) is 6. The average molecular weight is 343 g/mol. The van der Waals surface area contributed by atoms with E-state index in [4.69, 9.17) is 14.2 Å². The van der Waals surface area contributed by atoms with E-state index in [1.54, 1.807) is 36.4 Å². The first-order valence-corrected chi connectivity index (χ1v) is 8.22. The smallest absolute Gasteiger partial charge is 0.260 e. The number of carbonyl (C=O) groups excluding carboxylic acids is 1. The summed E-state index contributed by atoms with van der Waals surface area (Å²) in [6, 6.07) is 8.99. The lowest BCUT2D eigenvalue weighted by atomic mass is 10.1. The summed E-state index contributed by atoms with van der Waals surface area (Å²) in [6.45, 7) is 1.20. The van der Waals surface area contributed by atoms with Gasteiger partial charge in [-0.3, -0.25) is 4.79 Å². The van der Waals surface area contributed by atoms with E-state index < -0.39 is 0 Å². The molecule has 0 radical (unpaired) electrons. The van der Waals surface area contributed by atoms with Crippen LogP contribution in [-0.2, 0) is 4.79 Å². The SMILES string of the molecule is COc1ccccc1OCC(=O)N1CCC[C@@H](Oc2ccncn2)C1. The number of carbonyl (C=O) groups is 1. The minimum Gasteiger partial charge on any atom is -0.493 e. The maximum atomic E-state index is 12.4. The number of aromatic nitrogens is 2. The van der Waals surface area contributed by atoms with Crippen LogP contribution in [0.15, 0.2) is 42.9 Å². The van der Waals surface area contributed by atoms with Crippen molar-refractivity contribution in [1.29, 1.82) is 0 Å². The van der Waals surface area contributed by atoms with Gasteiger partial charge in [0.1, 0.15) is 12.4 Å². The van der Waals surface area contributed by atoms with Gasteiger partial charge in [0.15, 0.2) is 18.1 Å². The molecule has 1 aromatic carbocycles. The summed E-state index contributed by atoms with van der Waals surface area (Å²) >= 11 is 0. The molecule has 25 heavy (non-hydrogen) atoms. The van der Waals surface area contributed by atoms with Gasteiger partial charge < -0.3 is 19.1 Å². The molecular weight excluding hydrogens is 322 g/mol. The molecule has 0 aliphatic carbocycles. The highest BCUT2D eigenvalue weighted by atomic mass is 16.5. The van der Waals surface area contributed by atoms with Crippen LogP contribution in [0.25, 0.3) is 0 Å². The van der Waals surface area contributed by atoms with Crippen molar-refractivity contribution in [3.05, 3.63) is 42.9 Å². The molecule has 0 bridgehead atoms. The number of methoxy groups -OCH3 is 1. The van der Waals surface area contributed by atoms with E-state index >= 15 is 0 Å². The fourth-order valence-corrected chi connectivity index (χ4v) is 2.75. The Labute approximate surface area is 146 Å². The lowest BCUT2D eigenvalue weighted by Crippen LogP contribution is -2.46. The van der Waals surface area contributed by atoms with Crippen LogP contribution in [0.2, 0.25) is 0 Å². The molecule has 0 spiro atoms. The summed E-state index contributed by atoms with van der Waals surface area (Å²) < 4.78 is 16.7. The minimum absolute atomic E-state index is 0.0272. The van der Waals surface area contributed by atoms with Crippen LogP contribution in [0.3, 0.4) is 0 Å². The van der Waals surface area contributed by atoms with Gasteiger partial charge >= 0.3 is 0 Å². The second-order valence-corrected chi connectivity index (χ2v) is 5.71. The lowest BCUT2D eigenvalue weighted by molar-refractivity contribution is -0.136. The maximum Gasteiger partial charge on any atom is 0.260 e.